The highest BCUT2D eigenvalue weighted by Crippen LogP contribution is 2.26. The molecule has 41 heavy (non-hydrogen) atoms. The van der Waals surface area contributed by atoms with Crippen LogP contribution in [0.3, 0.4) is 0 Å². The molecular weight excluding hydrogens is 569 g/mol. The Kier molecular flexibility index (Phi) is 11.1. The number of halogens is 2. The van der Waals surface area contributed by atoms with Crippen LogP contribution in [0.4, 0.5) is 10.1 Å². The Morgan fingerprint density at radius 2 is 1.56 bits per heavy atom. The summed E-state index contributed by atoms with van der Waals surface area (Å²) in [6.07, 6.45) is 0. The van der Waals surface area contributed by atoms with E-state index in [2.05, 4.69) is 5.32 Å². The first-order chi connectivity index (χ1) is 19.4. The summed E-state index contributed by atoms with van der Waals surface area (Å²) in [5.74, 6) is -0.862. The minimum absolute atomic E-state index is 0.0344. The predicted molar refractivity (Wildman–Crippen MR) is 158 cm³/mol. The van der Waals surface area contributed by atoms with Crippen molar-refractivity contribution < 1.29 is 27.1 Å². The fourth-order valence-corrected chi connectivity index (χ4v) is 5.50. The van der Waals surface area contributed by atoms with Gasteiger partial charge in [-0.1, -0.05) is 37.6 Å². The third-order valence-corrected chi connectivity index (χ3v) is 8.27. The normalized spacial score (nSPS) is 12.1. The van der Waals surface area contributed by atoms with Gasteiger partial charge in [0.05, 0.1) is 17.2 Å². The molecule has 3 aromatic rings. The highest BCUT2D eigenvalue weighted by Gasteiger charge is 2.32. The molecule has 0 bridgehead atoms. The molecule has 0 saturated carbocycles. The molecule has 0 spiro atoms. The SMILES string of the molecule is CCOc1ccc(S(=O)(=O)N(CC(=O)N(Cc2ccc(Cl)cc2)[C@H](C)C(=O)NCC(C)C)c2ccc(F)cc2)cc1. The topological polar surface area (TPSA) is 96.0 Å². The molecule has 0 radical (unpaired) electrons. The van der Waals surface area contributed by atoms with Crippen LogP contribution in [0.25, 0.3) is 0 Å². The van der Waals surface area contributed by atoms with Crippen LogP contribution in [0.2, 0.25) is 5.02 Å². The van der Waals surface area contributed by atoms with Gasteiger partial charge in [0.15, 0.2) is 0 Å². The van der Waals surface area contributed by atoms with Gasteiger partial charge < -0.3 is 15.0 Å². The molecule has 8 nitrogen and oxygen atoms in total. The van der Waals surface area contributed by atoms with E-state index in [1.165, 1.54) is 41.3 Å². The van der Waals surface area contributed by atoms with Crippen LogP contribution in [0.1, 0.15) is 33.3 Å². The maximum absolute atomic E-state index is 13.9. The Bertz CT molecular complexity index is 1420. The van der Waals surface area contributed by atoms with Gasteiger partial charge in [-0.15, -0.1) is 0 Å². The van der Waals surface area contributed by atoms with Gasteiger partial charge in [-0.2, -0.15) is 0 Å². The number of nitrogens with one attached hydrogen (secondary N) is 1. The number of rotatable bonds is 13. The van der Waals surface area contributed by atoms with Crippen LogP contribution in [0, 0.1) is 11.7 Å². The number of sulfonamides is 1. The smallest absolute Gasteiger partial charge is 0.264 e. The van der Waals surface area contributed by atoms with Crippen LogP contribution in [0.5, 0.6) is 5.75 Å². The van der Waals surface area contributed by atoms with Crippen molar-refractivity contribution in [2.45, 2.75) is 45.2 Å². The van der Waals surface area contributed by atoms with Crippen molar-refractivity contribution in [3.63, 3.8) is 0 Å². The lowest BCUT2D eigenvalue weighted by Gasteiger charge is -2.32. The van der Waals surface area contributed by atoms with Crippen molar-refractivity contribution in [2.75, 3.05) is 24.0 Å². The molecule has 0 heterocycles. The molecule has 3 aromatic carbocycles. The van der Waals surface area contributed by atoms with Gasteiger partial charge in [0.25, 0.3) is 10.0 Å². The molecule has 0 aromatic heterocycles. The van der Waals surface area contributed by atoms with Crippen molar-refractivity contribution in [1.82, 2.24) is 10.2 Å². The molecule has 0 saturated heterocycles. The van der Waals surface area contributed by atoms with Crippen LogP contribution in [0.15, 0.2) is 77.7 Å². The summed E-state index contributed by atoms with van der Waals surface area (Å²) in [4.78, 5) is 28.2. The lowest BCUT2D eigenvalue weighted by molar-refractivity contribution is -0.139. The van der Waals surface area contributed by atoms with Gasteiger partial charge >= 0.3 is 0 Å². The monoisotopic (exact) mass is 603 g/mol. The zero-order valence-electron chi connectivity index (χ0n) is 23.5. The molecule has 0 aliphatic rings. The number of ether oxygens (including phenoxy) is 1. The Morgan fingerprint density at radius 3 is 2.12 bits per heavy atom. The maximum atomic E-state index is 13.9. The minimum atomic E-state index is -4.28. The number of carbonyl (C=O) groups excluding carboxylic acids is 2. The van der Waals surface area contributed by atoms with Gasteiger partial charge in [0.2, 0.25) is 11.8 Å². The number of nitrogens with zero attached hydrogens (tertiary/aromatic N) is 2. The third-order valence-electron chi connectivity index (χ3n) is 6.23. The van der Waals surface area contributed by atoms with Gasteiger partial charge in [-0.25, -0.2) is 12.8 Å². The van der Waals surface area contributed by atoms with E-state index in [1.807, 2.05) is 20.8 Å². The summed E-state index contributed by atoms with van der Waals surface area (Å²) in [5.41, 5.74) is 0.797. The van der Waals surface area contributed by atoms with E-state index in [9.17, 15) is 22.4 Å². The predicted octanol–water partition coefficient (Wildman–Crippen LogP) is 5.26. The van der Waals surface area contributed by atoms with Crippen molar-refractivity contribution in [1.29, 1.82) is 0 Å². The average molecular weight is 604 g/mol. The fourth-order valence-electron chi connectivity index (χ4n) is 3.96. The second kappa shape index (κ2) is 14.3. The van der Waals surface area contributed by atoms with E-state index in [-0.39, 0.29) is 29.0 Å². The maximum Gasteiger partial charge on any atom is 0.264 e. The number of carbonyl (C=O) groups is 2. The average Bonchev–Trinajstić information content (AvgIpc) is 2.94. The standard InChI is InChI=1S/C30H35ClFN3O5S/c1-5-40-27-14-16-28(17-15-27)41(38,39)35(26-12-10-25(32)11-13-26)20-29(36)34(19-23-6-8-24(31)9-7-23)22(4)30(37)33-18-21(2)3/h6-17,21-22H,5,18-20H2,1-4H3,(H,33,37)/t22-/m1/s1. The number of benzene rings is 3. The number of hydrogen-bond donors (Lipinski definition) is 1. The molecule has 2 amide bonds. The summed E-state index contributed by atoms with van der Waals surface area (Å²) in [7, 11) is -4.28. The third kappa shape index (κ3) is 8.68. The number of amides is 2. The summed E-state index contributed by atoms with van der Waals surface area (Å²) in [6, 6.07) is 16.5. The Balaban J connectivity index is 1.99. The highest BCUT2D eigenvalue weighted by molar-refractivity contribution is 7.92. The largest absolute Gasteiger partial charge is 0.494 e. The summed E-state index contributed by atoms with van der Waals surface area (Å²) in [6.45, 7) is 7.54. The van der Waals surface area contributed by atoms with Gasteiger partial charge in [0, 0.05) is 18.1 Å². The van der Waals surface area contributed by atoms with Crippen LogP contribution in [-0.2, 0) is 26.2 Å². The molecule has 220 valence electrons. The summed E-state index contributed by atoms with van der Waals surface area (Å²) >= 11 is 6.03. The van der Waals surface area contributed by atoms with Crippen molar-refractivity contribution in [2.24, 2.45) is 5.92 Å². The molecule has 0 aliphatic carbocycles. The van der Waals surface area contributed by atoms with Crippen LogP contribution in [-0.4, -0.2) is 50.9 Å². The quantitative estimate of drug-likeness (QED) is 0.287. The van der Waals surface area contributed by atoms with E-state index in [0.29, 0.717) is 29.5 Å². The first-order valence-electron chi connectivity index (χ1n) is 13.2. The lowest BCUT2D eigenvalue weighted by Crippen LogP contribution is -2.51. The number of hydrogen-bond acceptors (Lipinski definition) is 5. The van der Waals surface area contributed by atoms with Gasteiger partial charge in [-0.05, 0) is 86.0 Å². The van der Waals surface area contributed by atoms with Gasteiger partial charge in [-0.3, -0.25) is 13.9 Å². The van der Waals surface area contributed by atoms with Crippen molar-refractivity contribution in [3.05, 3.63) is 89.2 Å². The molecular formula is C30H35ClFN3O5S. The molecule has 0 fully saturated rings. The molecule has 11 heteroatoms. The second-order valence-corrected chi connectivity index (χ2v) is 12.2. The van der Waals surface area contributed by atoms with E-state index < -0.39 is 34.3 Å². The van der Waals surface area contributed by atoms with E-state index in [4.69, 9.17) is 16.3 Å². The first-order valence-corrected chi connectivity index (χ1v) is 15.1. The Labute approximate surface area is 246 Å². The van der Waals surface area contributed by atoms with Crippen molar-refractivity contribution in [3.8, 4) is 5.75 Å². The van der Waals surface area contributed by atoms with Gasteiger partial charge in [0.1, 0.15) is 24.2 Å². The second-order valence-electron chi connectivity index (χ2n) is 9.86. The highest BCUT2D eigenvalue weighted by atomic mass is 35.5. The van der Waals surface area contributed by atoms with Crippen molar-refractivity contribution >= 4 is 39.1 Å². The van der Waals surface area contributed by atoms with Crippen LogP contribution < -0.4 is 14.4 Å². The van der Waals surface area contributed by atoms with E-state index >= 15 is 0 Å². The summed E-state index contributed by atoms with van der Waals surface area (Å²) < 4.78 is 47.8. The van der Waals surface area contributed by atoms with E-state index in [1.54, 1.807) is 31.2 Å². The lowest BCUT2D eigenvalue weighted by atomic mass is 10.1. The Hall–Kier alpha value is -3.63. The molecule has 3 rings (SSSR count). The zero-order valence-corrected chi connectivity index (χ0v) is 25.1. The fraction of sp³-hybridized carbons (Fsp3) is 0.333. The number of anilines is 1. The summed E-state index contributed by atoms with van der Waals surface area (Å²) in [5, 5.41) is 3.35. The Morgan fingerprint density at radius 1 is 0.951 bits per heavy atom. The van der Waals surface area contributed by atoms with Crippen LogP contribution >= 0.6 is 11.6 Å². The molecule has 0 unspecified atom stereocenters. The zero-order chi connectivity index (χ0) is 30.2. The van der Waals surface area contributed by atoms with E-state index in [0.717, 1.165) is 16.4 Å². The molecule has 1 atom stereocenters. The molecule has 1 N–H and O–H groups in total. The minimum Gasteiger partial charge on any atom is -0.494 e. The first kappa shape index (κ1) is 31.9. The molecule has 0 aliphatic heterocycles.